The number of hydrogen-bond acceptors (Lipinski definition) is 5. The summed E-state index contributed by atoms with van der Waals surface area (Å²) in [6.45, 7) is 2.61. The van der Waals surface area contributed by atoms with Crippen LogP contribution in [-0.4, -0.2) is 53.3 Å². The number of ketones is 1. The van der Waals surface area contributed by atoms with Gasteiger partial charge in [-0.25, -0.2) is 0 Å². The Labute approximate surface area is 184 Å². The molecule has 1 unspecified atom stereocenters. The summed E-state index contributed by atoms with van der Waals surface area (Å²) in [5.41, 5.74) is 1.72. The molecule has 2 aromatic carbocycles. The smallest absolute Gasteiger partial charge is 0.250 e. The van der Waals surface area contributed by atoms with Gasteiger partial charge in [0, 0.05) is 29.2 Å². The summed E-state index contributed by atoms with van der Waals surface area (Å²) in [7, 11) is 0. The predicted molar refractivity (Wildman–Crippen MR) is 119 cm³/mol. The number of Topliss-reactive ketones (excluding diaryl/α,β-unsaturated/α-hetero) is 1. The van der Waals surface area contributed by atoms with E-state index < -0.39 is 5.25 Å². The van der Waals surface area contributed by atoms with Crippen LogP contribution in [0.4, 0.5) is 11.4 Å². The molecule has 0 aliphatic carbocycles. The predicted octanol–water partition coefficient (Wildman–Crippen LogP) is 2.96. The van der Waals surface area contributed by atoms with E-state index in [0.717, 1.165) is 17.7 Å². The molecule has 0 spiro atoms. The molecule has 2 aromatic rings. The Balaban J connectivity index is 1.52. The number of nitrogens with zero attached hydrogens (tertiary/aromatic N) is 2. The van der Waals surface area contributed by atoms with Crippen molar-refractivity contribution in [3.63, 3.8) is 0 Å². The van der Waals surface area contributed by atoms with Crippen LogP contribution in [0.1, 0.15) is 30.1 Å². The Morgan fingerprint density at radius 1 is 1.03 bits per heavy atom. The van der Waals surface area contributed by atoms with Crippen LogP contribution >= 0.6 is 11.8 Å². The summed E-state index contributed by atoms with van der Waals surface area (Å²) >= 11 is 1.25. The van der Waals surface area contributed by atoms with Gasteiger partial charge in [-0.3, -0.25) is 19.2 Å². The summed E-state index contributed by atoms with van der Waals surface area (Å²) in [5, 5.41) is 1.88. The molecule has 4 rings (SSSR count). The third-order valence-corrected chi connectivity index (χ3v) is 6.65. The number of fused-ring (bicyclic) bond motifs is 1. The van der Waals surface area contributed by atoms with E-state index in [1.165, 1.54) is 23.6 Å². The molecule has 1 atom stereocenters. The Hall–Kier alpha value is -3.13. The monoisotopic (exact) mass is 437 g/mol. The van der Waals surface area contributed by atoms with Crippen molar-refractivity contribution in [3.05, 3.63) is 54.1 Å². The highest BCUT2D eigenvalue weighted by molar-refractivity contribution is 8.01. The van der Waals surface area contributed by atoms with Crippen molar-refractivity contribution in [2.24, 2.45) is 0 Å². The SMILES string of the molecule is CC(=O)c1ccc(NC(=O)CN2C(=O)C(C(=O)N3CCCC3)Sc3ccccc32)cc1. The Morgan fingerprint density at radius 2 is 1.71 bits per heavy atom. The van der Waals surface area contributed by atoms with E-state index in [1.807, 2.05) is 12.1 Å². The number of carbonyl (C=O) groups excluding carboxylic acids is 4. The molecule has 1 fully saturated rings. The largest absolute Gasteiger partial charge is 0.341 e. The average Bonchev–Trinajstić information content (AvgIpc) is 3.30. The van der Waals surface area contributed by atoms with Gasteiger partial charge in [-0.2, -0.15) is 0 Å². The highest BCUT2D eigenvalue weighted by Crippen LogP contribution is 2.40. The van der Waals surface area contributed by atoms with Crippen molar-refractivity contribution in [3.8, 4) is 0 Å². The van der Waals surface area contributed by atoms with Crippen LogP contribution in [0.5, 0.6) is 0 Å². The molecule has 8 heteroatoms. The molecule has 160 valence electrons. The lowest BCUT2D eigenvalue weighted by molar-refractivity contribution is -0.134. The molecule has 31 heavy (non-hydrogen) atoms. The van der Waals surface area contributed by atoms with Crippen molar-refractivity contribution in [1.29, 1.82) is 0 Å². The van der Waals surface area contributed by atoms with E-state index in [4.69, 9.17) is 0 Å². The minimum Gasteiger partial charge on any atom is -0.341 e. The van der Waals surface area contributed by atoms with Gasteiger partial charge in [0.1, 0.15) is 6.54 Å². The minimum atomic E-state index is -0.879. The second kappa shape index (κ2) is 8.93. The average molecular weight is 438 g/mol. The van der Waals surface area contributed by atoms with Gasteiger partial charge in [-0.05, 0) is 56.2 Å². The Morgan fingerprint density at radius 3 is 2.39 bits per heavy atom. The lowest BCUT2D eigenvalue weighted by atomic mass is 10.1. The van der Waals surface area contributed by atoms with E-state index >= 15 is 0 Å². The normalized spacial score (nSPS) is 18.0. The van der Waals surface area contributed by atoms with Crippen LogP contribution in [0.3, 0.4) is 0 Å². The summed E-state index contributed by atoms with van der Waals surface area (Å²) in [4.78, 5) is 54.2. The van der Waals surface area contributed by atoms with Crippen LogP contribution in [-0.2, 0) is 14.4 Å². The first kappa shape index (κ1) is 21.1. The van der Waals surface area contributed by atoms with Gasteiger partial charge >= 0.3 is 0 Å². The standard InChI is InChI=1S/C23H23N3O4S/c1-15(27)16-8-10-17(11-9-16)24-20(28)14-26-18-6-2-3-7-19(18)31-21(23(26)30)22(29)25-12-4-5-13-25/h2-3,6-11,21H,4-5,12-14H2,1H3,(H,24,28). The second-order valence-corrected chi connectivity index (χ2v) is 8.75. The first-order valence-corrected chi connectivity index (χ1v) is 11.1. The summed E-state index contributed by atoms with van der Waals surface area (Å²) in [5.74, 6) is -0.993. The number of nitrogens with one attached hydrogen (secondary N) is 1. The maximum atomic E-state index is 13.2. The fourth-order valence-electron chi connectivity index (χ4n) is 3.77. The molecular formula is C23H23N3O4S. The molecule has 3 amide bonds. The Bertz CT molecular complexity index is 1030. The van der Waals surface area contributed by atoms with Crippen LogP contribution in [0.2, 0.25) is 0 Å². The first-order chi connectivity index (χ1) is 14.9. The molecule has 0 radical (unpaired) electrons. The van der Waals surface area contributed by atoms with Crippen LogP contribution in [0, 0.1) is 0 Å². The zero-order chi connectivity index (χ0) is 22.0. The van der Waals surface area contributed by atoms with Gasteiger partial charge in [0.05, 0.1) is 5.69 Å². The lowest BCUT2D eigenvalue weighted by Gasteiger charge is -2.34. The molecule has 2 heterocycles. The molecule has 0 aromatic heterocycles. The number of thioether (sulfide) groups is 1. The van der Waals surface area contributed by atoms with Crippen molar-refractivity contribution in [2.75, 3.05) is 29.9 Å². The van der Waals surface area contributed by atoms with Crippen LogP contribution < -0.4 is 10.2 Å². The van der Waals surface area contributed by atoms with Gasteiger partial charge in [0.25, 0.3) is 5.91 Å². The van der Waals surface area contributed by atoms with Crippen molar-refractivity contribution in [2.45, 2.75) is 29.9 Å². The van der Waals surface area contributed by atoms with Crippen molar-refractivity contribution < 1.29 is 19.2 Å². The zero-order valence-corrected chi connectivity index (χ0v) is 18.0. The van der Waals surface area contributed by atoms with E-state index in [0.29, 0.717) is 30.0 Å². The summed E-state index contributed by atoms with van der Waals surface area (Å²) < 4.78 is 0. The topological polar surface area (TPSA) is 86.8 Å². The number of likely N-dealkylation sites (tertiary alicyclic amines) is 1. The number of para-hydroxylation sites is 1. The molecule has 0 bridgehead atoms. The second-order valence-electron chi connectivity index (χ2n) is 7.60. The van der Waals surface area contributed by atoms with Crippen molar-refractivity contribution >= 4 is 46.6 Å². The maximum absolute atomic E-state index is 13.2. The molecule has 2 aliphatic heterocycles. The maximum Gasteiger partial charge on any atom is 0.250 e. The molecular weight excluding hydrogens is 414 g/mol. The zero-order valence-electron chi connectivity index (χ0n) is 17.2. The summed E-state index contributed by atoms with van der Waals surface area (Å²) in [6.07, 6.45) is 1.89. The van der Waals surface area contributed by atoms with E-state index in [-0.39, 0.29) is 30.0 Å². The van der Waals surface area contributed by atoms with E-state index in [1.54, 1.807) is 41.3 Å². The summed E-state index contributed by atoms with van der Waals surface area (Å²) in [6, 6.07) is 13.9. The number of anilines is 2. The van der Waals surface area contributed by atoms with Gasteiger partial charge in [-0.15, -0.1) is 11.8 Å². The van der Waals surface area contributed by atoms with E-state index in [9.17, 15) is 19.2 Å². The van der Waals surface area contributed by atoms with Crippen LogP contribution in [0.15, 0.2) is 53.4 Å². The first-order valence-electron chi connectivity index (χ1n) is 10.2. The third-order valence-electron chi connectivity index (χ3n) is 5.41. The van der Waals surface area contributed by atoms with Gasteiger partial charge in [0.15, 0.2) is 11.0 Å². The molecule has 2 aliphatic rings. The highest BCUT2D eigenvalue weighted by atomic mass is 32.2. The fourth-order valence-corrected chi connectivity index (χ4v) is 4.96. The van der Waals surface area contributed by atoms with E-state index in [2.05, 4.69) is 5.32 Å². The minimum absolute atomic E-state index is 0.0559. The van der Waals surface area contributed by atoms with Gasteiger partial charge in [0.2, 0.25) is 11.8 Å². The Kier molecular flexibility index (Phi) is 6.08. The molecule has 1 saturated heterocycles. The quantitative estimate of drug-likeness (QED) is 0.574. The highest BCUT2D eigenvalue weighted by Gasteiger charge is 2.41. The number of benzene rings is 2. The fraction of sp³-hybridized carbons (Fsp3) is 0.304. The lowest BCUT2D eigenvalue weighted by Crippen LogP contribution is -2.51. The molecule has 0 saturated carbocycles. The van der Waals surface area contributed by atoms with Crippen LogP contribution in [0.25, 0.3) is 0 Å². The molecule has 1 N–H and O–H groups in total. The van der Waals surface area contributed by atoms with Gasteiger partial charge < -0.3 is 15.1 Å². The number of amides is 3. The molecule has 7 nitrogen and oxygen atoms in total. The number of hydrogen-bond donors (Lipinski definition) is 1. The number of carbonyl (C=O) groups is 4. The van der Waals surface area contributed by atoms with Gasteiger partial charge in [-0.1, -0.05) is 12.1 Å². The third kappa shape index (κ3) is 4.49. The number of rotatable bonds is 5. The van der Waals surface area contributed by atoms with Crippen molar-refractivity contribution in [1.82, 2.24) is 4.90 Å².